The van der Waals surface area contributed by atoms with Gasteiger partial charge in [0, 0.05) is 37.4 Å². The number of hydrogen-bond acceptors (Lipinski definition) is 3. The number of hydrogen-bond donors (Lipinski definition) is 0. The van der Waals surface area contributed by atoms with E-state index in [1.54, 1.807) is 13.2 Å². The van der Waals surface area contributed by atoms with Crippen molar-refractivity contribution in [1.29, 1.82) is 0 Å². The smallest absolute Gasteiger partial charge is 0.254 e. The van der Waals surface area contributed by atoms with Gasteiger partial charge in [0.15, 0.2) is 0 Å². The Bertz CT molecular complexity index is 734. The van der Waals surface area contributed by atoms with Crippen molar-refractivity contribution in [3.05, 3.63) is 59.2 Å². The molecule has 0 aliphatic carbocycles. The number of anilines is 1. The summed E-state index contributed by atoms with van der Waals surface area (Å²) in [6, 6.07) is 13.8. The molecule has 2 aromatic rings. The summed E-state index contributed by atoms with van der Waals surface area (Å²) < 4.78 is 5.21. The lowest BCUT2D eigenvalue weighted by atomic mass is 10.1. The molecule has 0 bridgehead atoms. The summed E-state index contributed by atoms with van der Waals surface area (Å²) in [5, 5.41) is 0. The molecule has 1 amide bonds. The molecule has 1 saturated heterocycles. The quantitative estimate of drug-likeness (QED) is 0.869. The van der Waals surface area contributed by atoms with E-state index in [1.165, 1.54) is 16.8 Å². The molecular weight excluding hydrogens is 300 g/mol. The number of rotatable bonds is 3. The second-order valence-corrected chi connectivity index (χ2v) is 6.23. The molecule has 0 unspecified atom stereocenters. The third kappa shape index (κ3) is 3.23. The number of aryl methyl sites for hydroxylation is 1. The molecular formula is C20H24N2O2. The highest BCUT2D eigenvalue weighted by Gasteiger charge is 2.23. The lowest BCUT2D eigenvalue weighted by Gasteiger charge is -2.37. The summed E-state index contributed by atoms with van der Waals surface area (Å²) in [6.07, 6.45) is 0. The molecule has 1 fully saturated rings. The SMILES string of the molecule is COc1cccc(C(=O)N2CCN(c3cccc(C)c3C)CC2)c1. The van der Waals surface area contributed by atoms with E-state index in [0.717, 1.165) is 31.9 Å². The van der Waals surface area contributed by atoms with Crippen LogP contribution in [-0.2, 0) is 0 Å². The molecule has 0 spiro atoms. The van der Waals surface area contributed by atoms with E-state index in [4.69, 9.17) is 4.74 Å². The van der Waals surface area contributed by atoms with Gasteiger partial charge < -0.3 is 14.5 Å². The van der Waals surface area contributed by atoms with E-state index in [2.05, 4.69) is 36.9 Å². The van der Waals surface area contributed by atoms with Crippen LogP contribution >= 0.6 is 0 Å². The highest BCUT2D eigenvalue weighted by atomic mass is 16.5. The number of ether oxygens (including phenoxy) is 1. The third-order valence-corrected chi connectivity index (χ3v) is 4.80. The van der Waals surface area contributed by atoms with Crippen LogP contribution in [0.4, 0.5) is 5.69 Å². The molecule has 126 valence electrons. The van der Waals surface area contributed by atoms with Crippen molar-refractivity contribution in [3.63, 3.8) is 0 Å². The first-order valence-corrected chi connectivity index (χ1v) is 8.34. The number of carbonyl (C=O) groups excluding carboxylic acids is 1. The van der Waals surface area contributed by atoms with Crippen LogP contribution in [0.2, 0.25) is 0 Å². The van der Waals surface area contributed by atoms with Crippen LogP contribution in [0, 0.1) is 13.8 Å². The predicted octanol–water partition coefficient (Wildman–Crippen LogP) is 3.27. The maximum absolute atomic E-state index is 12.7. The van der Waals surface area contributed by atoms with Gasteiger partial charge in [0.05, 0.1) is 7.11 Å². The number of piperazine rings is 1. The van der Waals surface area contributed by atoms with Gasteiger partial charge in [-0.25, -0.2) is 0 Å². The van der Waals surface area contributed by atoms with Gasteiger partial charge in [0.1, 0.15) is 5.75 Å². The van der Waals surface area contributed by atoms with Crippen molar-refractivity contribution in [1.82, 2.24) is 4.90 Å². The molecule has 1 aliphatic rings. The van der Waals surface area contributed by atoms with Gasteiger partial charge in [-0.3, -0.25) is 4.79 Å². The van der Waals surface area contributed by atoms with Crippen LogP contribution in [0.15, 0.2) is 42.5 Å². The summed E-state index contributed by atoms with van der Waals surface area (Å²) in [5.41, 5.74) is 4.60. The minimum absolute atomic E-state index is 0.0783. The molecule has 0 atom stereocenters. The largest absolute Gasteiger partial charge is 0.497 e. The van der Waals surface area contributed by atoms with Gasteiger partial charge in [0.2, 0.25) is 0 Å². The number of nitrogens with zero attached hydrogens (tertiary/aromatic N) is 2. The zero-order chi connectivity index (χ0) is 17.1. The molecule has 0 radical (unpaired) electrons. The van der Waals surface area contributed by atoms with Crippen molar-refractivity contribution in [2.24, 2.45) is 0 Å². The second-order valence-electron chi connectivity index (χ2n) is 6.23. The average Bonchev–Trinajstić information content (AvgIpc) is 2.63. The Morgan fingerprint density at radius 2 is 1.71 bits per heavy atom. The van der Waals surface area contributed by atoms with Gasteiger partial charge in [-0.2, -0.15) is 0 Å². The molecule has 0 aromatic heterocycles. The number of methoxy groups -OCH3 is 1. The van der Waals surface area contributed by atoms with Gasteiger partial charge in [-0.15, -0.1) is 0 Å². The number of benzene rings is 2. The minimum Gasteiger partial charge on any atom is -0.497 e. The predicted molar refractivity (Wildman–Crippen MR) is 97.0 cm³/mol. The van der Waals surface area contributed by atoms with Crippen LogP contribution in [0.5, 0.6) is 5.75 Å². The summed E-state index contributed by atoms with van der Waals surface area (Å²) >= 11 is 0. The second kappa shape index (κ2) is 6.95. The van der Waals surface area contributed by atoms with E-state index in [1.807, 2.05) is 23.1 Å². The molecule has 0 N–H and O–H groups in total. The normalized spacial score (nSPS) is 14.6. The molecule has 2 aromatic carbocycles. The molecule has 24 heavy (non-hydrogen) atoms. The first-order valence-electron chi connectivity index (χ1n) is 8.34. The van der Waals surface area contributed by atoms with Crippen molar-refractivity contribution in [2.75, 3.05) is 38.2 Å². The van der Waals surface area contributed by atoms with Gasteiger partial charge in [-0.1, -0.05) is 18.2 Å². The Morgan fingerprint density at radius 3 is 2.42 bits per heavy atom. The molecule has 0 saturated carbocycles. The van der Waals surface area contributed by atoms with E-state index in [0.29, 0.717) is 5.56 Å². The summed E-state index contributed by atoms with van der Waals surface area (Å²) in [4.78, 5) is 17.0. The zero-order valence-electron chi connectivity index (χ0n) is 14.6. The van der Waals surface area contributed by atoms with Crippen LogP contribution in [-0.4, -0.2) is 44.1 Å². The Kier molecular flexibility index (Phi) is 4.74. The maximum atomic E-state index is 12.7. The highest BCUT2D eigenvalue weighted by Crippen LogP contribution is 2.24. The van der Waals surface area contributed by atoms with Gasteiger partial charge >= 0.3 is 0 Å². The zero-order valence-corrected chi connectivity index (χ0v) is 14.6. The summed E-state index contributed by atoms with van der Waals surface area (Å²) in [5.74, 6) is 0.796. The van der Waals surface area contributed by atoms with Gasteiger partial charge in [0.25, 0.3) is 5.91 Å². The van der Waals surface area contributed by atoms with E-state index >= 15 is 0 Å². The fourth-order valence-electron chi connectivity index (χ4n) is 3.17. The van der Waals surface area contributed by atoms with Crippen LogP contribution in [0.25, 0.3) is 0 Å². The van der Waals surface area contributed by atoms with Crippen LogP contribution in [0.1, 0.15) is 21.5 Å². The molecule has 1 aliphatic heterocycles. The van der Waals surface area contributed by atoms with Crippen molar-refractivity contribution >= 4 is 11.6 Å². The Balaban J connectivity index is 1.68. The summed E-state index contributed by atoms with van der Waals surface area (Å²) in [7, 11) is 1.62. The van der Waals surface area contributed by atoms with Gasteiger partial charge in [-0.05, 0) is 49.2 Å². The molecule has 4 nitrogen and oxygen atoms in total. The van der Waals surface area contributed by atoms with E-state index in [-0.39, 0.29) is 5.91 Å². The van der Waals surface area contributed by atoms with E-state index < -0.39 is 0 Å². The monoisotopic (exact) mass is 324 g/mol. The van der Waals surface area contributed by atoms with Crippen molar-refractivity contribution in [3.8, 4) is 5.75 Å². The standard InChI is InChI=1S/C20H24N2O2/c1-15-6-4-9-19(16(15)2)21-10-12-22(13-11-21)20(23)17-7-5-8-18(14-17)24-3/h4-9,14H,10-13H2,1-3H3. The average molecular weight is 324 g/mol. The minimum atomic E-state index is 0.0783. The molecule has 1 heterocycles. The Labute approximate surface area is 143 Å². The first-order chi connectivity index (χ1) is 11.6. The van der Waals surface area contributed by atoms with E-state index in [9.17, 15) is 4.79 Å². The Morgan fingerprint density at radius 1 is 1.00 bits per heavy atom. The maximum Gasteiger partial charge on any atom is 0.254 e. The first kappa shape index (κ1) is 16.4. The van der Waals surface area contributed by atoms with Crippen LogP contribution in [0.3, 0.4) is 0 Å². The fourth-order valence-corrected chi connectivity index (χ4v) is 3.17. The summed E-state index contributed by atoms with van der Waals surface area (Å²) in [6.45, 7) is 7.51. The van der Waals surface area contributed by atoms with Crippen molar-refractivity contribution < 1.29 is 9.53 Å². The third-order valence-electron chi connectivity index (χ3n) is 4.80. The molecule has 4 heteroatoms. The van der Waals surface area contributed by atoms with Crippen LogP contribution < -0.4 is 9.64 Å². The number of amides is 1. The lowest BCUT2D eigenvalue weighted by molar-refractivity contribution is 0.0746. The Hall–Kier alpha value is -2.49. The lowest BCUT2D eigenvalue weighted by Crippen LogP contribution is -2.49. The number of carbonyl (C=O) groups is 1. The molecule has 3 rings (SSSR count). The highest BCUT2D eigenvalue weighted by molar-refractivity contribution is 5.94. The fraction of sp³-hybridized carbons (Fsp3) is 0.350. The van der Waals surface area contributed by atoms with Crippen molar-refractivity contribution in [2.45, 2.75) is 13.8 Å². The topological polar surface area (TPSA) is 32.8 Å².